The first kappa shape index (κ1) is 21.9. The maximum atomic E-state index is 13.7. The molecule has 1 heterocycles. The predicted octanol–water partition coefficient (Wildman–Crippen LogP) is 3.55. The highest BCUT2D eigenvalue weighted by Gasteiger charge is 2.34. The van der Waals surface area contributed by atoms with Crippen molar-refractivity contribution in [3.63, 3.8) is 0 Å². The van der Waals surface area contributed by atoms with Crippen molar-refractivity contribution < 1.29 is 22.3 Å². The largest absolute Gasteiger partial charge is 0.416 e. The number of anilines is 1. The van der Waals surface area contributed by atoms with Gasteiger partial charge in [-0.25, -0.2) is 4.39 Å². The van der Waals surface area contributed by atoms with Crippen molar-refractivity contribution in [1.82, 2.24) is 10.6 Å². The average Bonchev–Trinajstić information content (AvgIpc) is 2.75. The van der Waals surface area contributed by atoms with Crippen LogP contribution in [0.25, 0.3) is 0 Å². The van der Waals surface area contributed by atoms with E-state index >= 15 is 0 Å². The van der Waals surface area contributed by atoms with Crippen molar-refractivity contribution >= 4 is 11.6 Å². The maximum Gasteiger partial charge on any atom is 0.416 e. The number of rotatable bonds is 5. The van der Waals surface area contributed by atoms with Gasteiger partial charge in [-0.3, -0.25) is 4.99 Å². The maximum absolute atomic E-state index is 13.7. The van der Waals surface area contributed by atoms with E-state index in [4.69, 9.17) is 4.74 Å². The molecule has 0 atom stereocenters. The van der Waals surface area contributed by atoms with Crippen molar-refractivity contribution in [3.05, 3.63) is 65.0 Å². The SMILES string of the molecule is CN=C(NCc1ccccc1F)NCc1ccc(N2CCOCC2)cc1C(F)(F)F. The Kier molecular flexibility index (Phi) is 7.15. The minimum Gasteiger partial charge on any atom is -0.378 e. The number of morpholine rings is 1. The summed E-state index contributed by atoms with van der Waals surface area (Å²) in [5.74, 6) is -0.0813. The Hall–Kier alpha value is -2.81. The van der Waals surface area contributed by atoms with Crippen LogP contribution in [0.3, 0.4) is 0 Å². The zero-order valence-corrected chi connectivity index (χ0v) is 16.6. The summed E-state index contributed by atoms with van der Waals surface area (Å²) >= 11 is 0. The number of halogens is 4. The molecular formula is C21H24F4N4O. The molecule has 3 rings (SSSR count). The molecule has 1 fully saturated rings. The van der Waals surface area contributed by atoms with Crippen molar-refractivity contribution in [3.8, 4) is 0 Å². The van der Waals surface area contributed by atoms with Gasteiger partial charge in [-0.1, -0.05) is 24.3 Å². The van der Waals surface area contributed by atoms with E-state index in [1.807, 2.05) is 4.90 Å². The Morgan fingerprint density at radius 1 is 1.03 bits per heavy atom. The highest BCUT2D eigenvalue weighted by atomic mass is 19.4. The Morgan fingerprint density at radius 2 is 1.70 bits per heavy atom. The van der Waals surface area contributed by atoms with Crippen LogP contribution in [0.15, 0.2) is 47.5 Å². The van der Waals surface area contributed by atoms with Gasteiger partial charge < -0.3 is 20.3 Å². The zero-order valence-electron chi connectivity index (χ0n) is 16.6. The molecule has 1 aliphatic rings. The number of benzene rings is 2. The van der Waals surface area contributed by atoms with Crippen LogP contribution in [0.4, 0.5) is 23.2 Å². The first-order valence-corrected chi connectivity index (χ1v) is 9.59. The lowest BCUT2D eigenvalue weighted by Crippen LogP contribution is -2.37. The van der Waals surface area contributed by atoms with Crippen molar-refractivity contribution in [2.45, 2.75) is 19.3 Å². The number of alkyl halides is 3. The van der Waals surface area contributed by atoms with Gasteiger partial charge in [0.05, 0.1) is 18.8 Å². The van der Waals surface area contributed by atoms with Crippen molar-refractivity contribution in [2.75, 3.05) is 38.3 Å². The standard InChI is InChI=1S/C21H24F4N4O/c1-26-20(28-14-16-4-2-3-5-19(16)22)27-13-15-6-7-17(12-18(15)21(23,24)25)29-8-10-30-11-9-29/h2-7,12H,8-11,13-14H2,1H3,(H2,26,27,28). The molecule has 162 valence electrons. The van der Waals surface area contributed by atoms with Crippen LogP contribution in [0.5, 0.6) is 0 Å². The summed E-state index contributed by atoms with van der Waals surface area (Å²) < 4.78 is 60.0. The lowest BCUT2D eigenvalue weighted by Gasteiger charge is -2.29. The molecule has 0 unspecified atom stereocenters. The van der Waals surface area contributed by atoms with Gasteiger partial charge >= 0.3 is 6.18 Å². The average molecular weight is 424 g/mol. The molecule has 0 saturated carbocycles. The van der Waals surface area contributed by atoms with Gasteiger partial charge in [0.2, 0.25) is 0 Å². The van der Waals surface area contributed by atoms with E-state index in [1.165, 1.54) is 25.2 Å². The second-order valence-electron chi connectivity index (χ2n) is 6.81. The van der Waals surface area contributed by atoms with Crippen LogP contribution < -0.4 is 15.5 Å². The minimum atomic E-state index is -4.48. The molecular weight excluding hydrogens is 400 g/mol. The summed E-state index contributed by atoms with van der Waals surface area (Å²) in [5, 5.41) is 5.78. The van der Waals surface area contributed by atoms with Crippen molar-refractivity contribution in [1.29, 1.82) is 0 Å². The smallest absolute Gasteiger partial charge is 0.378 e. The Balaban J connectivity index is 1.69. The number of hydrogen-bond donors (Lipinski definition) is 2. The summed E-state index contributed by atoms with van der Waals surface area (Å²) in [6.07, 6.45) is -4.48. The van der Waals surface area contributed by atoms with Crippen LogP contribution in [-0.2, 0) is 24.0 Å². The van der Waals surface area contributed by atoms with Gasteiger partial charge in [0.1, 0.15) is 5.82 Å². The molecule has 0 aromatic heterocycles. The molecule has 0 amide bonds. The number of ether oxygens (including phenoxy) is 1. The fourth-order valence-electron chi connectivity index (χ4n) is 3.22. The molecule has 2 N–H and O–H groups in total. The Morgan fingerprint density at radius 3 is 2.33 bits per heavy atom. The quantitative estimate of drug-likeness (QED) is 0.438. The molecule has 1 aliphatic heterocycles. The van der Waals surface area contributed by atoms with Crippen LogP contribution >= 0.6 is 0 Å². The van der Waals surface area contributed by atoms with E-state index in [2.05, 4.69) is 15.6 Å². The van der Waals surface area contributed by atoms with E-state index in [1.54, 1.807) is 24.3 Å². The third-order valence-corrected chi connectivity index (χ3v) is 4.85. The third kappa shape index (κ3) is 5.63. The fraction of sp³-hybridized carbons (Fsp3) is 0.381. The van der Waals surface area contributed by atoms with Gasteiger partial charge in [-0.15, -0.1) is 0 Å². The Labute approximate surface area is 172 Å². The highest BCUT2D eigenvalue weighted by molar-refractivity contribution is 5.79. The van der Waals surface area contributed by atoms with E-state index in [9.17, 15) is 17.6 Å². The second-order valence-corrected chi connectivity index (χ2v) is 6.81. The highest BCUT2D eigenvalue weighted by Crippen LogP contribution is 2.35. The topological polar surface area (TPSA) is 48.9 Å². The van der Waals surface area contributed by atoms with E-state index < -0.39 is 11.7 Å². The fourth-order valence-corrected chi connectivity index (χ4v) is 3.22. The van der Waals surface area contributed by atoms with E-state index in [-0.39, 0.29) is 30.4 Å². The van der Waals surface area contributed by atoms with Crippen LogP contribution in [0, 0.1) is 5.82 Å². The molecule has 9 heteroatoms. The van der Waals surface area contributed by atoms with Crippen LogP contribution in [-0.4, -0.2) is 39.3 Å². The predicted molar refractivity (Wildman–Crippen MR) is 108 cm³/mol. The minimum absolute atomic E-state index is 0.0742. The first-order chi connectivity index (χ1) is 14.4. The summed E-state index contributed by atoms with van der Waals surface area (Å²) in [6.45, 7) is 2.19. The molecule has 0 aliphatic carbocycles. The normalized spacial score (nSPS) is 15.2. The summed E-state index contributed by atoms with van der Waals surface area (Å²) in [6, 6.07) is 10.6. The van der Waals surface area contributed by atoms with Gasteiger partial charge in [-0.05, 0) is 23.8 Å². The molecule has 0 spiro atoms. The monoisotopic (exact) mass is 424 g/mol. The zero-order chi connectivity index (χ0) is 21.6. The lowest BCUT2D eigenvalue weighted by molar-refractivity contribution is -0.138. The number of hydrogen-bond acceptors (Lipinski definition) is 3. The number of guanidine groups is 1. The third-order valence-electron chi connectivity index (χ3n) is 4.85. The molecule has 30 heavy (non-hydrogen) atoms. The Bertz CT molecular complexity index is 880. The molecule has 5 nitrogen and oxygen atoms in total. The van der Waals surface area contributed by atoms with Crippen LogP contribution in [0.2, 0.25) is 0 Å². The van der Waals surface area contributed by atoms with Gasteiger partial charge in [0.25, 0.3) is 0 Å². The second kappa shape index (κ2) is 9.80. The number of aliphatic imine (C=N–C) groups is 1. The summed E-state index contributed by atoms with van der Waals surface area (Å²) in [5.41, 5.74) is 0.375. The van der Waals surface area contributed by atoms with E-state index in [0.717, 1.165) is 0 Å². The molecule has 1 saturated heterocycles. The van der Waals surface area contributed by atoms with Gasteiger partial charge in [0.15, 0.2) is 5.96 Å². The number of nitrogens with zero attached hydrogens (tertiary/aromatic N) is 2. The lowest BCUT2D eigenvalue weighted by atomic mass is 10.0. The molecule has 2 aromatic carbocycles. The molecule has 2 aromatic rings. The summed E-state index contributed by atoms with van der Waals surface area (Å²) in [4.78, 5) is 5.88. The summed E-state index contributed by atoms with van der Waals surface area (Å²) in [7, 11) is 1.50. The van der Waals surface area contributed by atoms with E-state index in [0.29, 0.717) is 37.6 Å². The molecule has 0 bridgehead atoms. The first-order valence-electron chi connectivity index (χ1n) is 9.59. The van der Waals surface area contributed by atoms with Crippen LogP contribution in [0.1, 0.15) is 16.7 Å². The number of nitrogens with one attached hydrogen (secondary N) is 2. The van der Waals surface area contributed by atoms with Gasteiger partial charge in [0, 0.05) is 44.5 Å². The van der Waals surface area contributed by atoms with Gasteiger partial charge in [-0.2, -0.15) is 13.2 Å². The van der Waals surface area contributed by atoms with Crippen molar-refractivity contribution in [2.24, 2.45) is 4.99 Å². The molecule has 0 radical (unpaired) electrons.